The molecule has 4 heteroatoms. The lowest BCUT2D eigenvalue weighted by Crippen LogP contribution is -2.46. The molecule has 0 aromatic rings. The topological polar surface area (TPSA) is 69.6 Å². The molecule has 1 aliphatic carbocycles. The Morgan fingerprint density at radius 1 is 1.67 bits per heavy atom. The van der Waals surface area contributed by atoms with E-state index in [0.29, 0.717) is 0 Å². The second-order valence-corrected chi connectivity index (χ2v) is 3.75. The first-order valence-electron chi connectivity index (χ1n) is 4.30. The second-order valence-electron chi connectivity index (χ2n) is 3.75. The molecule has 0 bridgehead atoms. The highest BCUT2D eigenvalue weighted by Gasteiger charge is 2.54. The van der Waals surface area contributed by atoms with Crippen molar-refractivity contribution >= 4 is 5.91 Å². The normalized spacial score (nSPS) is 46.0. The van der Waals surface area contributed by atoms with Gasteiger partial charge in [-0.1, -0.05) is 6.42 Å². The number of hydrogen-bond donors (Lipinski definition) is 3. The molecule has 3 atom stereocenters. The fraction of sp³-hybridized carbons (Fsp3) is 0.875. The maximum Gasteiger partial charge on any atom is 0.249 e. The van der Waals surface area contributed by atoms with Gasteiger partial charge in [-0.3, -0.25) is 4.79 Å². The Morgan fingerprint density at radius 2 is 2.42 bits per heavy atom. The average molecular weight is 171 g/mol. The monoisotopic (exact) mass is 171 g/mol. The van der Waals surface area contributed by atoms with Gasteiger partial charge in [-0.05, 0) is 12.8 Å². The molecule has 2 aliphatic rings. The molecule has 4 nitrogen and oxygen atoms in total. The number of carbonyl (C=O) groups excluding carboxylic acids is 1. The van der Waals surface area contributed by atoms with Crippen LogP contribution in [0.1, 0.15) is 19.3 Å². The van der Waals surface area contributed by atoms with Crippen molar-refractivity contribution in [1.29, 1.82) is 0 Å². The van der Waals surface area contributed by atoms with Crippen molar-refractivity contribution in [3.8, 4) is 0 Å². The van der Waals surface area contributed by atoms with Gasteiger partial charge in [0.2, 0.25) is 5.91 Å². The molecular weight excluding hydrogens is 158 g/mol. The van der Waals surface area contributed by atoms with Gasteiger partial charge in [0.25, 0.3) is 0 Å². The molecule has 12 heavy (non-hydrogen) atoms. The smallest absolute Gasteiger partial charge is 0.249 e. The van der Waals surface area contributed by atoms with E-state index in [1.165, 1.54) is 0 Å². The minimum atomic E-state index is -0.903. The van der Waals surface area contributed by atoms with E-state index in [0.717, 1.165) is 19.3 Å². The number of aliphatic hydroxyl groups is 2. The fourth-order valence-electron chi connectivity index (χ4n) is 2.45. The van der Waals surface area contributed by atoms with E-state index >= 15 is 0 Å². The number of fused-ring (bicyclic) bond motifs is 1. The predicted octanol–water partition coefficient (Wildman–Crippen LogP) is -0.992. The zero-order valence-corrected chi connectivity index (χ0v) is 6.79. The number of rotatable bonds is 1. The summed E-state index contributed by atoms with van der Waals surface area (Å²) in [6.07, 6.45) is 1.69. The van der Waals surface area contributed by atoms with Gasteiger partial charge in [0.15, 0.2) is 0 Å². The molecular formula is C8H13NO3. The molecule has 1 heterocycles. The molecule has 3 N–H and O–H groups in total. The van der Waals surface area contributed by atoms with Crippen LogP contribution in [0.2, 0.25) is 0 Å². The minimum absolute atomic E-state index is 0.0551. The first-order chi connectivity index (χ1) is 5.69. The summed E-state index contributed by atoms with van der Waals surface area (Å²) in [5.41, 5.74) is -0.503. The number of carbonyl (C=O) groups is 1. The largest absolute Gasteiger partial charge is 0.394 e. The molecule has 0 aromatic heterocycles. The van der Waals surface area contributed by atoms with E-state index in [1.54, 1.807) is 0 Å². The van der Waals surface area contributed by atoms with Crippen molar-refractivity contribution in [2.24, 2.45) is 5.92 Å². The number of aliphatic hydroxyl groups excluding tert-OH is 2. The van der Waals surface area contributed by atoms with E-state index in [-0.39, 0.29) is 18.4 Å². The van der Waals surface area contributed by atoms with Crippen LogP contribution in [0.4, 0.5) is 0 Å². The molecule has 0 aromatic carbocycles. The van der Waals surface area contributed by atoms with Gasteiger partial charge < -0.3 is 15.5 Å². The van der Waals surface area contributed by atoms with Crippen molar-refractivity contribution in [2.45, 2.75) is 30.9 Å². The van der Waals surface area contributed by atoms with E-state index in [9.17, 15) is 9.90 Å². The van der Waals surface area contributed by atoms with Crippen LogP contribution in [0.3, 0.4) is 0 Å². The average Bonchev–Trinajstić information content (AvgIpc) is 2.55. The molecule has 0 radical (unpaired) electrons. The zero-order valence-electron chi connectivity index (χ0n) is 6.79. The van der Waals surface area contributed by atoms with Gasteiger partial charge in [-0.2, -0.15) is 0 Å². The van der Waals surface area contributed by atoms with Gasteiger partial charge in [0.05, 0.1) is 12.1 Å². The Hall–Kier alpha value is -0.610. The van der Waals surface area contributed by atoms with Crippen LogP contribution < -0.4 is 5.32 Å². The number of nitrogens with one attached hydrogen (secondary N) is 1. The molecule has 1 saturated carbocycles. The third-order valence-electron chi connectivity index (χ3n) is 3.15. The molecule has 1 saturated heterocycles. The van der Waals surface area contributed by atoms with Crippen molar-refractivity contribution < 1.29 is 15.0 Å². The number of amides is 1. The Balaban J connectivity index is 2.27. The van der Waals surface area contributed by atoms with Gasteiger partial charge in [0.1, 0.15) is 6.10 Å². The van der Waals surface area contributed by atoms with E-state index < -0.39 is 11.6 Å². The lowest BCUT2D eigenvalue weighted by Gasteiger charge is -2.26. The van der Waals surface area contributed by atoms with Crippen LogP contribution in [0.5, 0.6) is 0 Å². The number of hydrogen-bond acceptors (Lipinski definition) is 3. The summed E-state index contributed by atoms with van der Waals surface area (Å²) in [6, 6.07) is 0. The summed E-state index contributed by atoms with van der Waals surface area (Å²) in [4.78, 5) is 11.1. The summed E-state index contributed by atoms with van der Waals surface area (Å²) in [5, 5.41) is 21.3. The molecule has 1 aliphatic heterocycles. The maximum absolute atomic E-state index is 11.1. The minimum Gasteiger partial charge on any atom is -0.394 e. The van der Waals surface area contributed by atoms with Crippen LogP contribution in [0, 0.1) is 5.92 Å². The summed E-state index contributed by atoms with van der Waals surface area (Å²) in [6.45, 7) is -0.0551. The summed E-state index contributed by atoms with van der Waals surface area (Å²) >= 11 is 0. The van der Waals surface area contributed by atoms with Crippen molar-refractivity contribution in [3.63, 3.8) is 0 Å². The van der Waals surface area contributed by atoms with E-state index in [2.05, 4.69) is 5.32 Å². The highest BCUT2D eigenvalue weighted by Crippen LogP contribution is 2.41. The molecule has 0 unspecified atom stereocenters. The first kappa shape index (κ1) is 8.01. The Bertz CT molecular complexity index is 218. The van der Waals surface area contributed by atoms with Crippen LogP contribution in [0.25, 0.3) is 0 Å². The Kier molecular flexibility index (Phi) is 1.63. The molecule has 2 fully saturated rings. The van der Waals surface area contributed by atoms with Crippen molar-refractivity contribution in [3.05, 3.63) is 0 Å². The second kappa shape index (κ2) is 2.44. The third-order valence-corrected chi connectivity index (χ3v) is 3.15. The van der Waals surface area contributed by atoms with Crippen LogP contribution in [0.15, 0.2) is 0 Å². The van der Waals surface area contributed by atoms with Gasteiger partial charge in [0, 0.05) is 5.92 Å². The maximum atomic E-state index is 11.1. The fourth-order valence-corrected chi connectivity index (χ4v) is 2.45. The van der Waals surface area contributed by atoms with Crippen LogP contribution >= 0.6 is 0 Å². The quantitative estimate of drug-likeness (QED) is 0.474. The van der Waals surface area contributed by atoms with Gasteiger partial charge >= 0.3 is 0 Å². The zero-order chi connectivity index (χ0) is 8.77. The highest BCUT2D eigenvalue weighted by atomic mass is 16.3. The van der Waals surface area contributed by atoms with Crippen LogP contribution in [-0.2, 0) is 4.79 Å². The predicted molar refractivity (Wildman–Crippen MR) is 41.3 cm³/mol. The SMILES string of the molecule is O=C1N[C@]2(CO)CCC[C@@H]2[C@@H]1O. The summed E-state index contributed by atoms with van der Waals surface area (Å²) in [5.74, 6) is -0.399. The van der Waals surface area contributed by atoms with E-state index in [4.69, 9.17) is 5.11 Å². The standard InChI is InChI=1S/C8H13NO3/c10-4-8-3-1-2-5(8)6(11)7(12)9-8/h5-6,10-11H,1-4H2,(H,9,12)/t5-,6+,8+/m1/s1. The third kappa shape index (κ3) is 0.820. The lowest BCUT2D eigenvalue weighted by atomic mass is 9.88. The van der Waals surface area contributed by atoms with Crippen molar-refractivity contribution in [2.75, 3.05) is 6.61 Å². The summed E-state index contributed by atoms with van der Waals surface area (Å²) in [7, 11) is 0. The highest BCUT2D eigenvalue weighted by molar-refractivity contribution is 5.85. The molecule has 68 valence electrons. The summed E-state index contributed by atoms with van der Waals surface area (Å²) < 4.78 is 0. The Labute approximate surface area is 70.6 Å². The lowest BCUT2D eigenvalue weighted by molar-refractivity contribution is -0.127. The molecule has 2 rings (SSSR count). The van der Waals surface area contributed by atoms with E-state index in [1.807, 2.05) is 0 Å². The van der Waals surface area contributed by atoms with Crippen molar-refractivity contribution in [1.82, 2.24) is 5.32 Å². The molecule has 1 amide bonds. The first-order valence-corrected chi connectivity index (χ1v) is 4.30. The molecule has 0 spiro atoms. The van der Waals surface area contributed by atoms with Crippen LogP contribution in [-0.4, -0.2) is 34.4 Å². The van der Waals surface area contributed by atoms with Gasteiger partial charge in [-0.15, -0.1) is 0 Å². The Morgan fingerprint density at radius 3 is 3.00 bits per heavy atom. The van der Waals surface area contributed by atoms with Gasteiger partial charge in [-0.25, -0.2) is 0 Å².